The highest BCUT2D eigenvalue weighted by molar-refractivity contribution is 5.51. The molecule has 0 aliphatic heterocycles. The molecule has 2 aromatic heterocycles. The zero-order valence-corrected chi connectivity index (χ0v) is 12.7. The molecule has 6 nitrogen and oxygen atoms in total. The van der Waals surface area contributed by atoms with Gasteiger partial charge in [0.05, 0.1) is 19.3 Å². The minimum atomic E-state index is 0.262. The number of rotatable bonds is 6. The Morgan fingerprint density at radius 3 is 2.82 bits per heavy atom. The topological polar surface area (TPSA) is 68.8 Å². The van der Waals surface area contributed by atoms with Crippen molar-refractivity contribution in [3.8, 4) is 11.5 Å². The summed E-state index contributed by atoms with van der Waals surface area (Å²) in [4.78, 5) is 4.40. The van der Waals surface area contributed by atoms with Crippen LogP contribution in [0.3, 0.4) is 0 Å². The molecular weight excluding hydrogens is 278 g/mol. The van der Waals surface area contributed by atoms with E-state index >= 15 is 0 Å². The lowest BCUT2D eigenvalue weighted by Gasteiger charge is -2.12. The average Bonchev–Trinajstić information content (AvgIpc) is 3.15. The molecule has 3 aromatic rings. The van der Waals surface area contributed by atoms with Crippen LogP contribution in [0, 0.1) is 6.92 Å². The fourth-order valence-corrected chi connectivity index (χ4v) is 2.20. The Kier molecular flexibility index (Phi) is 4.29. The summed E-state index contributed by atoms with van der Waals surface area (Å²) in [6.07, 6.45) is 3.89. The van der Waals surface area contributed by atoms with E-state index in [0.717, 1.165) is 17.7 Å². The zero-order chi connectivity index (χ0) is 15.4. The number of hydrogen-bond donors (Lipinski definition) is 1. The van der Waals surface area contributed by atoms with Gasteiger partial charge in [0.1, 0.15) is 0 Å². The van der Waals surface area contributed by atoms with Crippen molar-refractivity contribution in [1.29, 1.82) is 0 Å². The normalized spacial score (nSPS) is 12.5. The Hall–Kier alpha value is -2.47. The lowest BCUT2D eigenvalue weighted by atomic mass is 10.2. The molecule has 3 rings (SSSR count). The van der Waals surface area contributed by atoms with Crippen LogP contribution < -0.4 is 5.32 Å². The standard InChI is InChI=1S/C16H19N5O/c1-12-8-18-21(10-12)11-13(2)17-9-15-19-16(22-20-15)14-6-4-3-5-7-14/h3-8,10,13,17H,9,11H2,1-2H3/t13-/m0/s1. The third-order valence-corrected chi connectivity index (χ3v) is 3.32. The molecule has 1 N–H and O–H groups in total. The largest absolute Gasteiger partial charge is 0.334 e. The molecule has 114 valence electrons. The van der Waals surface area contributed by atoms with Crippen molar-refractivity contribution in [2.24, 2.45) is 0 Å². The second-order valence-corrected chi connectivity index (χ2v) is 5.40. The Morgan fingerprint density at radius 1 is 1.27 bits per heavy atom. The summed E-state index contributed by atoms with van der Waals surface area (Å²) in [6.45, 7) is 5.51. The first-order valence-electron chi connectivity index (χ1n) is 7.31. The van der Waals surface area contributed by atoms with Crippen LogP contribution in [-0.4, -0.2) is 26.0 Å². The van der Waals surface area contributed by atoms with Gasteiger partial charge in [-0.1, -0.05) is 23.4 Å². The molecule has 0 bridgehead atoms. The molecule has 2 heterocycles. The third kappa shape index (κ3) is 3.59. The maximum atomic E-state index is 5.29. The van der Waals surface area contributed by atoms with E-state index in [2.05, 4.69) is 27.5 Å². The Morgan fingerprint density at radius 2 is 2.09 bits per heavy atom. The van der Waals surface area contributed by atoms with Gasteiger partial charge in [0.25, 0.3) is 5.89 Å². The van der Waals surface area contributed by atoms with Gasteiger partial charge in [-0.3, -0.25) is 4.68 Å². The second-order valence-electron chi connectivity index (χ2n) is 5.40. The van der Waals surface area contributed by atoms with Gasteiger partial charge < -0.3 is 9.84 Å². The predicted octanol–water partition coefficient (Wildman–Crippen LogP) is 2.42. The van der Waals surface area contributed by atoms with Crippen molar-refractivity contribution in [2.75, 3.05) is 0 Å². The monoisotopic (exact) mass is 297 g/mol. The van der Waals surface area contributed by atoms with Gasteiger partial charge in [0.15, 0.2) is 5.82 Å². The first-order chi connectivity index (χ1) is 10.7. The summed E-state index contributed by atoms with van der Waals surface area (Å²) in [5.41, 5.74) is 2.10. The van der Waals surface area contributed by atoms with Gasteiger partial charge in [0.2, 0.25) is 0 Å². The first-order valence-corrected chi connectivity index (χ1v) is 7.31. The van der Waals surface area contributed by atoms with Crippen molar-refractivity contribution >= 4 is 0 Å². The van der Waals surface area contributed by atoms with E-state index in [1.165, 1.54) is 0 Å². The summed E-state index contributed by atoms with van der Waals surface area (Å²) < 4.78 is 7.22. The minimum absolute atomic E-state index is 0.262. The van der Waals surface area contributed by atoms with Crippen LogP contribution >= 0.6 is 0 Å². The van der Waals surface area contributed by atoms with Crippen molar-refractivity contribution in [1.82, 2.24) is 25.2 Å². The highest BCUT2D eigenvalue weighted by atomic mass is 16.5. The predicted molar refractivity (Wildman–Crippen MR) is 83.0 cm³/mol. The van der Waals surface area contributed by atoms with E-state index in [1.807, 2.05) is 54.3 Å². The zero-order valence-electron chi connectivity index (χ0n) is 12.7. The number of benzene rings is 1. The van der Waals surface area contributed by atoms with E-state index in [9.17, 15) is 0 Å². The molecule has 0 saturated carbocycles. The molecule has 0 saturated heterocycles. The summed E-state index contributed by atoms with van der Waals surface area (Å²) in [5, 5.41) is 11.7. The smallest absolute Gasteiger partial charge is 0.257 e. The van der Waals surface area contributed by atoms with Crippen molar-refractivity contribution < 1.29 is 4.52 Å². The van der Waals surface area contributed by atoms with Crippen LogP contribution in [0.5, 0.6) is 0 Å². The van der Waals surface area contributed by atoms with Crippen molar-refractivity contribution in [2.45, 2.75) is 33.0 Å². The molecule has 1 atom stereocenters. The lowest BCUT2D eigenvalue weighted by molar-refractivity contribution is 0.407. The highest BCUT2D eigenvalue weighted by Crippen LogP contribution is 2.15. The van der Waals surface area contributed by atoms with Gasteiger partial charge in [-0.2, -0.15) is 10.1 Å². The van der Waals surface area contributed by atoms with Crippen LogP contribution in [0.25, 0.3) is 11.5 Å². The highest BCUT2D eigenvalue weighted by Gasteiger charge is 2.10. The molecule has 1 aromatic carbocycles. The summed E-state index contributed by atoms with van der Waals surface area (Å²) in [6, 6.07) is 10.0. The van der Waals surface area contributed by atoms with Crippen LogP contribution in [0.4, 0.5) is 0 Å². The molecule has 0 amide bonds. The van der Waals surface area contributed by atoms with E-state index < -0.39 is 0 Å². The number of nitrogens with one attached hydrogen (secondary N) is 1. The van der Waals surface area contributed by atoms with E-state index in [-0.39, 0.29) is 6.04 Å². The molecule has 0 aliphatic rings. The lowest BCUT2D eigenvalue weighted by Crippen LogP contribution is -2.30. The van der Waals surface area contributed by atoms with E-state index in [0.29, 0.717) is 18.3 Å². The van der Waals surface area contributed by atoms with Gasteiger partial charge in [-0.05, 0) is 31.5 Å². The Labute approximate surface area is 129 Å². The van der Waals surface area contributed by atoms with Crippen LogP contribution in [0.15, 0.2) is 47.2 Å². The fourth-order valence-electron chi connectivity index (χ4n) is 2.20. The first kappa shape index (κ1) is 14.5. The van der Waals surface area contributed by atoms with Crippen molar-refractivity contribution in [3.63, 3.8) is 0 Å². The molecule has 0 unspecified atom stereocenters. The average molecular weight is 297 g/mol. The van der Waals surface area contributed by atoms with Gasteiger partial charge in [-0.15, -0.1) is 0 Å². The summed E-state index contributed by atoms with van der Waals surface area (Å²) in [5.74, 6) is 1.20. The second kappa shape index (κ2) is 6.53. The molecular formula is C16H19N5O. The van der Waals surface area contributed by atoms with Crippen LogP contribution in [0.2, 0.25) is 0 Å². The third-order valence-electron chi connectivity index (χ3n) is 3.32. The number of hydrogen-bond acceptors (Lipinski definition) is 5. The molecule has 6 heteroatoms. The van der Waals surface area contributed by atoms with Crippen LogP contribution in [0.1, 0.15) is 18.3 Å². The van der Waals surface area contributed by atoms with E-state index in [4.69, 9.17) is 4.52 Å². The maximum absolute atomic E-state index is 5.29. The maximum Gasteiger partial charge on any atom is 0.257 e. The summed E-state index contributed by atoms with van der Waals surface area (Å²) in [7, 11) is 0. The van der Waals surface area contributed by atoms with Gasteiger partial charge >= 0.3 is 0 Å². The Balaban J connectivity index is 1.54. The van der Waals surface area contributed by atoms with Gasteiger partial charge in [-0.25, -0.2) is 0 Å². The molecule has 0 spiro atoms. The number of nitrogens with zero attached hydrogens (tertiary/aromatic N) is 4. The van der Waals surface area contributed by atoms with E-state index in [1.54, 1.807) is 0 Å². The minimum Gasteiger partial charge on any atom is -0.334 e. The Bertz CT molecular complexity index is 719. The van der Waals surface area contributed by atoms with Gasteiger partial charge in [0, 0.05) is 17.8 Å². The quantitative estimate of drug-likeness (QED) is 0.756. The van der Waals surface area contributed by atoms with Crippen molar-refractivity contribution in [3.05, 3.63) is 54.1 Å². The molecule has 22 heavy (non-hydrogen) atoms. The fraction of sp³-hybridized carbons (Fsp3) is 0.312. The number of aryl methyl sites for hydroxylation is 1. The SMILES string of the molecule is Cc1cnn(C[C@H](C)NCc2noc(-c3ccccc3)n2)c1. The molecule has 0 aliphatic carbocycles. The van der Waals surface area contributed by atoms with Crippen LogP contribution in [-0.2, 0) is 13.1 Å². The summed E-state index contributed by atoms with van der Waals surface area (Å²) >= 11 is 0. The molecule has 0 fully saturated rings. The molecule has 0 radical (unpaired) electrons. The number of aromatic nitrogens is 4.